The van der Waals surface area contributed by atoms with E-state index in [0.29, 0.717) is 11.8 Å². The van der Waals surface area contributed by atoms with Crippen molar-refractivity contribution in [2.75, 3.05) is 6.54 Å². The summed E-state index contributed by atoms with van der Waals surface area (Å²) >= 11 is 0. The molecule has 3 N–H and O–H groups in total. The van der Waals surface area contributed by atoms with Crippen LogP contribution in [-0.4, -0.2) is 17.6 Å². The van der Waals surface area contributed by atoms with Gasteiger partial charge in [-0.3, -0.25) is 4.79 Å². The summed E-state index contributed by atoms with van der Waals surface area (Å²) in [6.45, 7) is 4.55. The standard InChI is InChI=1S/C13H25NO2/c1-3-10(4-2)7-13(9-14,12(15)16)8-11-5-6-11/h10-11H,3-9,14H2,1-2H3,(H,15,16). The molecule has 3 nitrogen and oxygen atoms in total. The van der Waals surface area contributed by atoms with Crippen LogP contribution in [0.5, 0.6) is 0 Å². The van der Waals surface area contributed by atoms with Crippen molar-refractivity contribution in [2.45, 2.75) is 52.4 Å². The van der Waals surface area contributed by atoms with Crippen LogP contribution in [0.4, 0.5) is 0 Å². The Labute approximate surface area is 98.4 Å². The summed E-state index contributed by atoms with van der Waals surface area (Å²) in [6.07, 6.45) is 6.03. The van der Waals surface area contributed by atoms with Gasteiger partial charge in [-0.15, -0.1) is 0 Å². The van der Waals surface area contributed by atoms with Crippen molar-refractivity contribution in [2.24, 2.45) is 23.0 Å². The maximum atomic E-state index is 11.5. The van der Waals surface area contributed by atoms with Gasteiger partial charge in [-0.05, 0) is 24.7 Å². The lowest BCUT2D eigenvalue weighted by Gasteiger charge is -2.31. The fourth-order valence-electron chi connectivity index (χ4n) is 2.52. The highest BCUT2D eigenvalue weighted by Gasteiger charge is 2.43. The van der Waals surface area contributed by atoms with E-state index in [1.54, 1.807) is 0 Å². The first-order valence-electron chi connectivity index (χ1n) is 6.51. The molecule has 0 aromatic carbocycles. The van der Waals surface area contributed by atoms with E-state index in [0.717, 1.165) is 25.7 Å². The molecular weight excluding hydrogens is 202 g/mol. The minimum absolute atomic E-state index is 0.287. The Balaban J connectivity index is 2.70. The summed E-state index contributed by atoms with van der Waals surface area (Å²) in [5.41, 5.74) is 5.11. The van der Waals surface area contributed by atoms with Crippen LogP contribution in [0.3, 0.4) is 0 Å². The number of carbonyl (C=O) groups is 1. The monoisotopic (exact) mass is 227 g/mol. The van der Waals surface area contributed by atoms with Gasteiger partial charge in [0.2, 0.25) is 0 Å². The van der Waals surface area contributed by atoms with Crippen LogP contribution in [-0.2, 0) is 4.79 Å². The van der Waals surface area contributed by atoms with Crippen LogP contribution in [0, 0.1) is 17.3 Å². The normalized spacial score (nSPS) is 19.8. The second-order valence-corrected chi connectivity index (χ2v) is 5.32. The van der Waals surface area contributed by atoms with E-state index in [-0.39, 0.29) is 6.54 Å². The molecule has 94 valence electrons. The Hall–Kier alpha value is -0.570. The lowest BCUT2D eigenvalue weighted by Crippen LogP contribution is -2.40. The first kappa shape index (κ1) is 13.5. The zero-order valence-electron chi connectivity index (χ0n) is 10.5. The van der Waals surface area contributed by atoms with Gasteiger partial charge >= 0.3 is 5.97 Å². The third-order valence-corrected chi connectivity index (χ3v) is 4.05. The van der Waals surface area contributed by atoms with Crippen molar-refractivity contribution in [1.82, 2.24) is 0 Å². The van der Waals surface area contributed by atoms with Crippen molar-refractivity contribution in [3.8, 4) is 0 Å². The largest absolute Gasteiger partial charge is 0.481 e. The molecule has 3 heteroatoms. The lowest BCUT2D eigenvalue weighted by atomic mass is 9.74. The Morgan fingerprint density at radius 1 is 1.44 bits per heavy atom. The fraction of sp³-hybridized carbons (Fsp3) is 0.923. The van der Waals surface area contributed by atoms with Crippen molar-refractivity contribution in [1.29, 1.82) is 0 Å². The molecule has 1 aliphatic rings. The van der Waals surface area contributed by atoms with Crippen molar-refractivity contribution in [3.05, 3.63) is 0 Å². The molecule has 1 fully saturated rings. The van der Waals surface area contributed by atoms with Crippen LogP contribution >= 0.6 is 0 Å². The number of aliphatic carboxylic acids is 1. The quantitative estimate of drug-likeness (QED) is 0.670. The predicted octanol–water partition coefficient (Wildman–Crippen LogP) is 2.64. The molecule has 1 rings (SSSR count). The lowest BCUT2D eigenvalue weighted by molar-refractivity contribution is -0.150. The third-order valence-electron chi connectivity index (χ3n) is 4.05. The minimum atomic E-state index is -0.686. The van der Waals surface area contributed by atoms with E-state index in [1.807, 2.05) is 0 Å². The SMILES string of the molecule is CCC(CC)CC(CN)(CC1CC1)C(=O)O. The van der Waals surface area contributed by atoms with E-state index < -0.39 is 11.4 Å². The van der Waals surface area contributed by atoms with Crippen LogP contribution in [0.1, 0.15) is 52.4 Å². The van der Waals surface area contributed by atoms with Crippen LogP contribution in [0.15, 0.2) is 0 Å². The predicted molar refractivity (Wildman–Crippen MR) is 65.2 cm³/mol. The Morgan fingerprint density at radius 3 is 2.31 bits per heavy atom. The van der Waals surface area contributed by atoms with Crippen molar-refractivity contribution < 1.29 is 9.90 Å². The summed E-state index contributed by atoms with van der Waals surface area (Å²) in [7, 11) is 0. The highest BCUT2D eigenvalue weighted by molar-refractivity contribution is 5.75. The molecule has 0 amide bonds. The van der Waals surface area contributed by atoms with Crippen molar-refractivity contribution >= 4 is 5.97 Å². The molecule has 0 aliphatic heterocycles. The molecule has 0 radical (unpaired) electrons. The third kappa shape index (κ3) is 3.21. The summed E-state index contributed by atoms with van der Waals surface area (Å²) in [6, 6.07) is 0. The van der Waals surface area contributed by atoms with E-state index >= 15 is 0 Å². The van der Waals surface area contributed by atoms with Gasteiger partial charge in [0.25, 0.3) is 0 Å². The van der Waals surface area contributed by atoms with Crippen molar-refractivity contribution in [3.63, 3.8) is 0 Å². The minimum Gasteiger partial charge on any atom is -0.481 e. The van der Waals surface area contributed by atoms with Crippen LogP contribution in [0.2, 0.25) is 0 Å². The van der Waals surface area contributed by atoms with Gasteiger partial charge in [-0.1, -0.05) is 39.5 Å². The number of rotatable bonds is 8. The molecule has 1 saturated carbocycles. The smallest absolute Gasteiger partial charge is 0.310 e. The molecule has 0 aromatic heterocycles. The highest BCUT2D eigenvalue weighted by Crippen LogP contribution is 2.43. The zero-order chi connectivity index (χ0) is 12.2. The van der Waals surface area contributed by atoms with Crippen LogP contribution < -0.4 is 5.73 Å². The number of carboxylic acid groups (broad SMARTS) is 1. The number of hydrogen-bond donors (Lipinski definition) is 2. The van der Waals surface area contributed by atoms with Gasteiger partial charge < -0.3 is 10.8 Å². The molecule has 0 saturated heterocycles. The summed E-state index contributed by atoms with van der Waals surface area (Å²) < 4.78 is 0. The number of carboxylic acids is 1. The van der Waals surface area contributed by atoms with Gasteiger partial charge in [0, 0.05) is 6.54 Å². The summed E-state index contributed by atoms with van der Waals surface area (Å²) in [5.74, 6) is 0.432. The second kappa shape index (κ2) is 5.67. The average molecular weight is 227 g/mol. The molecule has 0 spiro atoms. The maximum Gasteiger partial charge on any atom is 0.310 e. The molecule has 1 aliphatic carbocycles. The number of hydrogen-bond acceptors (Lipinski definition) is 2. The van der Waals surface area contributed by atoms with E-state index in [4.69, 9.17) is 5.73 Å². The van der Waals surface area contributed by atoms with Gasteiger partial charge in [-0.2, -0.15) is 0 Å². The summed E-state index contributed by atoms with van der Waals surface area (Å²) in [5, 5.41) is 9.46. The van der Waals surface area contributed by atoms with E-state index in [1.165, 1.54) is 12.8 Å². The summed E-state index contributed by atoms with van der Waals surface area (Å²) in [4.78, 5) is 11.5. The topological polar surface area (TPSA) is 63.3 Å². The van der Waals surface area contributed by atoms with Gasteiger partial charge in [0.15, 0.2) is 0 Å². The highest BCUT2D eigenvalue weighted by atomic mass is 16.4. The fourth-order valence-corrected chi connectivity index (χ4v) is 2.52. The van der Waals surface area contributed by atoms with E-state index in [9.17, 15) is 9.90 Å². The first-order valence-corrected chi connectivity index (χ1v) is 6.51. The molecule has 1 unspecified atom stereocenters. The van der Waals surface area contributed by atoms with Crippen LogP contribution in [0.25, 0.3) is 0 Å². The van der Waals surface area contributed by atoms with E-state index in [2.05, 4.69) is 13.8 Å². The Kier molecular flexibility index (Phi) is 4.78. The molecule has 0 heterocycles. The molecule has 0 bridgehead atoms. The average Bonchev–Trinajstić information content (AvgIpc) is 3.07. The Morgan fingerprint density at radius 2 is 2.00 bits per heavy atom. The van der Waals surface area contributed by atoms with Gasteiger partial charge in [-0.25, -0.2) is 0 Å². The second-order valence-electron chi connectivity index (χ2n) is 5.32. The zero-order valence-corrected chi connectivity index (χ0v) is 10.5. The van der Waals surface area contributed by atoms with Gasteiger partial charge in [0.05, 0.1) is 5.41 Å². The van der Waals surface area contributed by atoms with Gasteiger partial charge in [0.1, 0.15) is 0 Å². The molecular formula is C13H25NO2. The molecule has 16 heavy (non-hydrogen) atoms. The molecule has 1 atom stereocenters. The number of nitrogens with two attached hydrogens (primary N) is 1. The molecule has 0 aromatic rings. The first-order chi connectivity index (χ1) is 7.57. The maximum absolute atomic E-state index is 11.5. The Bertz CT molecular complexity index is 234.